The van der Waals surface area contributed by atoms with Crippen molar-refractivity contribution < 1.29 is 18.0 Å². The summed E-state index contributed by atoms with van der Waals surface area (Å²) in [5.74, 6) is -0.504. The molecule has 8 heteroatoms. The Morgan fingerprint density at radius 2 is 1.50 bits per heavy atom. The van der Waals surface area contributed by atoms with Gasteiger partial charge in [-0.3, -0.25) is 13.9 Å². The number of benzene rings is 3. The first-order valence-electron chi connectivity index (χ1n) is 13.6. The monoisotopic (exact) mass is 563 g/mol. The molecular formula is C32H41N3O4S. The maximum absolute atomic E-state index is 14.1. The van der Waals surface area contributed by atoms with Gasteiger partial charge in [-0.05, 0) is 75.4 Å². The molecule has 1 N–H and O–H groups in total. The van der Waals surface area contributed by atoms with E-state index in [1.165, 1.54) is 9.21 Å². The Morgan fingerprint density at radius 1 is 0.850 bits per heavy atom. The van der Waals surface area contributed by atoms with E-state index >= 15 is 0 Å². The van der Waals surface area contributed by atoms with Crippen molar-refractivity contribution in [3.8, 4) is 0 Å². The number of nitrogens with zero attached hydrogens (tertiary/aromatic N) is 2. The molecule has 0 aromatic heterocycles. The molecule has 3 aromatic rings. The molecule has 0 spiro atoms. The molecule has 0 aliphatic rings. The topological polar surface area (TPSA) is 86.8 Å². The van der Waals surface area contributed by atoms with Gasteiger partial charge in [-0.15, -0.1) is 0 Å². The highest BCUT2D eigenvalue weighted by atomic mass is 32.2. The molecule has 0 unspecified atom stereocenters. The normalized spacial score (nSPS) is 12.2. The molecule has 2 amide bonds. The number of nitrogens with one attached hydrogen (secondary N) is 1. The van der Waals surface area contributed by atoms with Gasteiger partial charge in [-0.2, -0.15) is 0 Å². The van der Waals surface area contributed by atoms with Gasteiger partial charge in [-0.1, -0.05) is 73.5 Å². The van der Waals surface area contributed by atoms with Gasteiger partial charge in [0, 0.05) is 13.1 Å². The van der Waals surface area contributed by atoms with Crippen LogP contribution in [0.4, 0.5) is 5.69 Å². The number of hydrogen-bond acceptors (Lipinski definition) is 4. The predicted molar refractivity (Wildman–Crippen MR) is 161 cm³/mol. The van der Waals surface area contributed by atoms with Crippen LogP contribution in [0.5, 0.6) is 0 Å². The molecule has 40 heavy (non-hydrogen) atoms. The highest BCUT2D eigenvalue weighted by Crippen LogP contribution is 2.29. The quantitative estimate of drug-likeness (QED) is 0.343. The summed E-state index contributed by atoms with van der Waals surface area (Å²) in [5, 5.41) is 2.91. The molecule has 0 saturated heterocycles. The lowest BCUT2D eigenvalue weighted by Crippen LogP contribution is -2.51. The third kappa shape index (κ3) is 7.50. The molecule has 0 aliphatic heterocycles. The summed E-state index contributed by atoms with van der Waals surface area (Å²) in [6.07, 6.45) is 0. The molecule has 0 aliphatic carbocycles. The van der Waals surface area contributed by atoms with Crippen LogP contribution in [0.2, 0.25) is 0 Å². The fourth-order valence-electron chi connectivity index (χ4n) is 4.40. The van der Waals surface area contributed by atoms with Gasteiger partial charge in [-0.25, -0.2) is 8.42 Å². The third-order valence-electron chi connectivity index (χ3n) is 7.02. The first kappa shape index (κ1) is 30.9. The van der Waals surface area contributed by atoms with Crippen LogP contribution in [0.1, 0.15) is 48.6 Å². The summed E-state index contributed by atoms with van der Waals surface area (Å²) in [4.78, 5) is 28.7. The van der Waals surface area contributed by atoms with E-state index in [4.69, 9.17) is 0 Å². The molecule has 0 bridgehead atoms. The molecule has 0 heterocycles. The highest BCUT2D eigenvalue weighted by molar-refractivity contribution is 7.92. The van der Waals surface area contributed by atoms with Crippen molar-refractivity contribution in [3.05, 3.63) is 94.5 Å². The Hall–Kier alpha value is -3.65. The minimum atomic E-state index is -4.10. The fraction of sp³-hybridized carbons (Fsp3) is 0.375. The van der Waals surface area contributed by atoms with Gasteiger partial charge in [0.15, 0.2) is 0 Å². The first-order chi connectivity index (χ1) is 18.8. The fourth-order valence-corrected chi connectivity index (χ4v) is 5.87. The van der Waals surface area contributed by atoms with Crippen molar-refractivity contribution in [2.45, 2.75) is 65.9 Å². The second-order valence-corrected chi connectivity index (χ2v) is 12.7. The summed E-state index contributed by atoms with van der Waals surface area (Å²) >= 11 is 0. The molecule has 7 nitrogen and oxygen atoms in total. The maximum Gasteiger partial charge on any atom is 0.264 e. The van der Waals surface area contributed by atoms with Crippen LogP contribution in [0.3, 0.4) is 0 Å². The summed E-state index contributed by atoms with van der Waals surface area (Å²) in [5.41, 5.74) is 4.92. The molecule has 0 fully saturated rings. The molecule has 1 atom stereocenters. The van der Waals surface area contributed by atoms with Crippen molar-refractivity contribution in [1.82, 2.24) is 10.2 Å². The number of hydrogen-bond donors (Lipinski definition) is 1. The second kappa shape index (κ2) is 13.1. The third-order valence-corrected chi connectivity index (χ3v) is 8.79. The maximum atomic E-state index is 14.1. The van der Waals surface area contributed by atoms with Gasteiger partial charge in [0.1, 0.15) is 12.6 Å². The standard InChI is InChI=1S/C32H41N3O4S/c1-22(2)19-33-32(37)27(7)34(20-28-12-8-10-24(4)18-28)31(36)21-35(30-13-9-11-25(5)26(30)6)40(38,39)29-16-14-23(3)15-17-29/h8-18,22,27H,19-21H2,1-7H3,(H,33,37)/t27-/m1/s1. The highest BCUT2D eigenvalue weighted by Gasteiger charge is 2.33. The van der Waals surface area contributed by atoms with Crippen LogP contribution < -0.4 is 9.62 Å². The lowest BCUT2D eigenvalue weighted by Gasteiger charge is -2.32. The van der Waals surface area contributed by atoms with Crippen LogP contribution >= 0.6 is 0 Å². The Labute approximate surface area is 239 Å². The Balaban J connectivity index is 2.06. The lowest BCUT2D eigenvalue weighted by molar-refractivity contribution is -0.139. The van der Waals surface area contributed by atoms with Crippen molar-refractivity contribution >= 4 is 27.5 Å². The van der Waals surface area contributed by atoms with E-state index in [0.717, 1.165) is 27.8 Å². The minimum Gasteiger partial charge on any atom is -0.354 e. The van der Waals surface area contributed by atoms with Gasteiger partial charge >= 0.3 is 0 Å². The van der Waals surface area contributed by atoms with Gasteiger partial charge in [0.05, 0.1) is 10.6 Å². The summed E-state index contributed by atoms with van der Waals surface area (Å²) in [7, 11) is -4.10. The van der Waals surface area contributed by atoms with Crippen LogP contribution in [0.15, 0.2) is 71.6 Å². The largest absolute Gasteiger partial charge is 0.354 e. The number of anilines is 1. The van der Waals surface area contributed by atoms with E-state index in [1.807, 2.05) is 71.9 Å². The van der Waals surface area contributed by atoms with Crippen molar-refractivity contribution in [2.75, 3.05) is 17.4 Å². The van der Waals surface area contributed by atoms with E-state index in [9.17, 15) is 18.0 Å². The minimum absolute atomic E-state index is 0.0970. The smallest absolute Gasteiger partial charge is 0.264 e. The Kier molecular flexibility index (Phi) is 10.1. The number of carbonyl (C=O) groups is 2. The number of aryl methyl sites for hydroxylation is 3. The first-order valence-corrected chi connectivity index (χ1v) is 15.0. The zero-order chi connectivity index (χ0) is 29.6. The second-order valence-electron chi connectivity index (χ2n) is 10.9. The average molecular weight is 564 g/mol. The SMILES string of the molecule is Cc1ccc(S(=O)(=O)N(CC(=O)N(Cc2cccc(C)c2)[C@H](C)C(=O)NCC(C)C)c2cccc(C)c2C)cc1. The van der Waals surface area contributed by atoms with Gasteiger partial charge in [0.25, 0.3) is 10.0 Å². The van der Waals surface area contributed by atoms with E-state index in [0.29, 0.717) is 12.2 Å². The summed E-state index contributed by atoms with van der Waals surface area (Å²) in [6.45, 7) is 13.5. The number of rotatable bonds is 11. The number of sulfonamides is 1. The van der Waals surface area contributed by atoms with E-state index in [1.54, 1.807) is 43.3 Å². The summed E-state index contributed by atoms with van der Waals surface area (Å²) < 4.78 is 29.2. The number of carbonyl (C=O) groups excluding carboxylic acids is 2. The molecular weight excluding hydrogens is 522 g/mol. The van der Waals surface area contributed by atoms with Crippen LogP contribution in [-0.2, 0) is 26.2 Å². The predicted octanol–water partition coefficient (Wildman–Crippen LogP) is 5.31. The van der Waals surface area contributed by atoms with E-state index < -0.39 is 28.5 Å². The van der Waals surface area contributed by atoms with E-state index in [-0.39, 0.29) is 23.3 Å². The van der Waals surface area contributed by atoms with Crippen molar-refractivity contribution in [3.63, 3.8) is 0 Å². The zero-order valence-corrected chi connectivity index (χ0v) is 25.4. The molecule has 214 valence electrons. The van der Waals surface area contributed by atoms with Crippen molar-refractivity contribution in [1.29, 1.82) is 0 Å². The summed E-state index contributed by atoms with van der Waals surface area (Å²) in [6, 6.07) is 18.9. The van der Waals surface area contributed by atoms with Crippen LogP contribution in [-0.4, -0.2) is 44.3 Å². The van der Waals surface area contributed by atoms with Gasteiger partial charge < -0.3 is 10.2 Å². The molecule has 3 rings (SSSR count). The Bertz CT molecular complexity index is 1450. The Morgan fingerprint density at radius 3 is 2.12 bits per heavy atom. The van der Waals surface area contributed by atoms with Crippen molar-refractivity contribution in [2.24, 2.45) is 5.92 Å². The average Bonchev–Trinajstić information content (AvgIpc) is 2.90. The zero-order valence-electron chi connectivity index (χ0n) is 24.6. The van der Waals surface area contributed by atoms with E-state index in [2.05, 4.69) is 5.32 Å². The number of amides is 2. The molecule has 0 saturated carbocycles. The van der Waals surface area contributed by atoms with Crippen LogP contribution in [0.25, 0.3) is 0 Å². The molecule has 3 aromatic carbocycles. The van der Waals surface area contributed by atoms with Crippen LogP contribution in [0, 0.1) is 33.6 Å². The lowest BCUT2D eigenvalue weighted by atomic mass is 10.1. The molecule has 0 radical (unpaired) electrons. The van der Waals surface area contributed by atoms with Gasteiger partial charge in [0.2, 0.25) is 11.8 Å².